The number of halogens is 4. The van der Waals surface area contributed by atoms with E-state index in [1.54, 1.807) is 42.5 Å². The standard InChI is InChI=1S/C21H16Cl4N2O3S/c22-14-9-10-15(23)19(12-14)31(29,30)27-18(11-13-5-2-1-3-6-13)21(28)26-17-8-4-7-16(24)20(17)25/h1-10,12,18,27H,11H2,(H,26,28)/t18-/m0/s1. The number of carbonyl (C=O) groups excluding carboxylic acids is 1. The van der Waals surface area contributed by atoms with Crippen LogP contribution in [0.3, 0.4) is 0 Å². The van der Waals surface area contributed by atoms with Crippen molar-refractivity contribution in [2.45, 2.75) is 17.4 Å². The number of amides is 1. The highest BCUT2D eigenvalue weighted by Gasteiger charge is 2.28. The van der Waals surface area contributed by atoms with Crippen LogP contribution in [0.2, 0.25) is 20.1 Å². The van der Waals surface area contributed by atoms with Crippen LogP contribution in [0.5, 0.6) is 0 Å². The summed E-state index contributed by atoms with van der Waals surface area (Å²) in [7, 11) is -4.17. The van der Waals surface area contributed by atoms with E-state index < -0.39 is 22.0 Å². The highest BCUT2D eigenvalue weighted by atomic mass is 35.5. The molecule has 0 radical (unpaired) electrons. The lowest BCUT2D eigenvalue weighted by atomic mass is 10.1. The fraction of sp³-hybridized carbons (Fsp3) is 0.0952. The lowest BCUT2D eigenvalue weighted by Crippen LogP contribution is -2.45. The lowest BCUT2D eigenvalue weighted by molar-refractivity contribution is -0.117. The molecule has 10 heteroatoms. The molecule has 0 aromatic heterocycles. The van der Waals surface area contributed by atoms with Gasteiger partial charge in [0.15, 0.2) is 0 Å². The third-order valence-corrected chi connectivity index (χ3v) is 7.30. The number of hydrogen-bond donors (Lipinski definition) is 2. The van der Waals surface area contributed by atoms with Gasteiger partial charge in [-0.1, -0.05) is 82.8 Å². The van der Waals surface area contributed by atoms with Crippen LogP contribution in [0.1, 0.15) is 5.56 Å². The van der Waals surface area contributed by atoms with Crippen LogP contribution in [-0.4, -0.2) is 20.4 Å². The quantitative estimate of drug-likeness (QED) is 0.414. The zero-order valence-electron chi connectivity index (χ0n) is 15.8. The summed E-state index contributed by atoms with van der Waals surface area (Å²) in [6, 6.07) is 16.6. The minimum atomic E-state index is -4.17. The van der Waals surface area contributed by atoms with Crippen molar-refractivity contribution in [1.82, 2.24) is 4.72 Å². The molecule has 0 heterocycles. The van der Waals surface area contributed by atoms with E-state index in [-0.39, 0.29) is 37.1 Å². The van der Waals surface area contributed by atoms with Gasteiger partial charge in [0.2, 0.25) is 15.9 Å². The highest BCUT2D eigenvalue weighted by Crippen LogP contribution is 2.30. The third kappa shape index (κ3) is 6.13. The second-order valence-corrected chi connectivity index (χ2v) is 9.84. The van der Waals surface area contributed by atoms with Crippen molar-refractivity contribution >= 4 is 68.0 Å². The molecular formula is C21H16Cl4N2O3S. The van der Waals surface area contributed by atoms with Crippen molar-refractivity contribution in [3.63, 3.8) is 0 Å². The molecule has 0 spiro atoms. The van der Waals surface area contributed by atoms with Crippen molar-refractivity contribution in [2.24, 2.45) is 0 Å². The number of benzene rings is 3. The van der Waals surface area contributed by atoms with E-state index in [1.807, 2.05) is 6.07 Å². The maximum atomic E-state index is 13.0. The number of anilines is 1. The first-order chi connectivity index (χ1) is 14.7. The van der Waals surface area contributed by atoms with Gasteiger partial charge in [0.25, 0.3) is 0 Å². The van der Waals surface area contributed by atoms with Crippen LogP contribution in [-0.2, 0) is 21.2 Å². The molecule has 0 bridgehead atoms. The Morgan fingerprint density at radius 2 is 1.58 bits per heavy atom. The van der Waals surface area contributed by atoms with E-state index in [9.17, 15) is 13.2 Å². The van der Waals surface area contributed by atoms with Crippen molar-refractivity contribution in [3.8, 4) is 0 Å². The molecule has 0 aliphatic rings. The molecule has 3 aromatic rings. The van der Waals surface area contributed by atoms with Gasteiger partial charge in [-0.05, 0) is 42.3 Å². The van der Waals surface area contributed by atoms with Crippen LogP contribution in [0.25, 0.3) is 0 Å². The van der Waals surface area contributed by atoms with Crippen LogP contribution >= 0.6 is 46.4 Å². The number of sulfonamides is 1. The van der Waals surface area contributed by atoms with E-state index in [0.29, 0.717) is 0 Å². The fourth-order valence-corrected chi connectivity index (χ4v) is 5.10. The molecule has 3 rings (SSSR count). The topological polar surface area (TPSA) is 75.3 Å². The number of carbonyl (C=O) groups is 1. The second kappa shape index (κ2) is 10.2. The summed E-state index contributed by atoms with van der Waals surface area (Å²) in [5.41, 5.74) is 1.01. The summed E-state index contributed by atoms with van der Waals surface area (Å²) in [5.74, 6) is -0.616. The summed E-state index contributed by atoms with van der Waals surface area (Å²) in [4.78, 5) is 12.8. The van der Waals surface area contributed by atoms with Crippen LogP contribution in [0.4, 0.5) is 5.69 Å². The fourth-order valence-electron chi connectivity index (χ4n) is 2.79. The van der Waals surface area contributed by atoms with Crippen molar-refractivity contribution in [3.05, 3.63) is 92.4 Å². The highest BCUT2D eigenvalue weighted by molar-refractivity contribution is 7.89. The van der Waals surface area contributed by atoms with Crippen molar-refractivity contribution in [2.75, 3.05) is 5.32 Å². The average Bonchev–Trinajstić information content (AvgIpc) is 2.73. The number of nitrogens with one attached hydrogen (secondary N) is 2. The molecule has 5 nitrogen and oxygen atoms in total. The molecule has 162 valence electrons. The number of hydrogen-bond acceptors (Lipinski definition) is 3. The van der Waals surface area contributed by atoms with Gasteiger partial charge in [-0.15, -0.1) is 0 Å². The summed E-state index contributed by atoms with van der Waals surface area (Å²) in [6.45, 7) is 0. The normalized spacial score (nSPS) is 12.4. The summed E-state index contributed by atoms with van der Waals surface area (Å²) in [6.07, 6.45) is 0.0856. The van der Waals surface area contributed by atoms with E-state index in [4.69, 9.17) is 46.4 Å². The molecule has 2 N–H and O–H groups in total. The van der Waals surface area contributed by atoms with Gasteiger partial charge < -0.3 is 5.32 Å². The zero-order chi connectivity index (χ0) is 22.6. The first kappa shape index (κ1) is 23.9. The first-order valence-corrected chi connectivity index (χ1v) is 11.9. The first-order valence-electron chi connectivity index (χ1n) is 8.93. The molecule has 0 fully saturated rings. The monoisotopic (exact) mass is 516 g/mol. The Morgan fingerprint density at radius 3 is 2.29 bits per heavy atom. The molecule has 0 aliphatic heterocycles. The molecule has 0 saturated carbocycles. The molecular weight excluding hydrogens is 502 g/mol. The minimum Gasteiger partial charge on any atom is -0.323 e. The minimum absolute atomic E-state index is 0.0198. The molecule has 1 amide bonds. The predicted molar refractivity (Wildman–Crippen MR) is 126 cm³/mol. The van der Waals surface area contributed by atoms with Gasteiger partial charge in [0.1, 0.15) is 10.9 Å². The average molecular weight is 518 g/mol. The van der Waals surface area contributed by atoms with Crippen LogP contribution < -0.4 is 10.0 Å². The predicted octanol–water partition coefficient (Wildman–Crippen LogP) is 5.83. The maximum Gasteiger partial charge on any atom is 0.242 e. The van der Waals surface area contributed by atoms with Gasteiger partial charge >= 0.3 is 0 Å². The lowest BCUT2D eigenvalue weighted by Gasteiger charge is -2.20. The summed E-state index contributed by atoms with van der Waals surface area (Å²) in [5, 5.41) is 3.21. The van der Waals surface area contributed by atoms with Crippen LogP contribution in [0, 0.1) is 0 Å². The third-order valence-electron chi connectivity index (χ3n) is 4.29. The smallest absolute Gasteiger partial charge is 0.242 e. The Bertz CT molecular complexity index is 1200. The Morgan fingerprint density at radius 1 is 0.871 bits per heavy atom. The molecule has 0 saturated heterocycles. The Kier molecular flexibility index (Phi) is 7.86. The largest absolute Gasteiger partial charge is 0.323 e. The maximum absolute atomic E-state index is 13.0. The van der Waals surface area contributed by atoms with Gasteiger partial charge in [-0.2, -0.15) is 4.72 Å². The van der Waals surface area contributed by atoms with E-state index in [0.717, 1.165) is 5.56 Å². The van der Waals surface area contributed by atoms with Gasteiger partial charge in [0.05, 0.1) is 20.8 Å². The van der Waals surface area contributed by atoms with Crippen LogP contribution in [0.15, 0.2) is 71.6 Å². The van der Waals surface area contributed by atoms with Crippen molar-refractivity contribution in [1.29, 1.82) is 0 Å². The summed E-state index contributed by atoms with van der Waals surface area (Å²) >= 11 is 24.2. The zero-order valence-corrected chi connectivity index (χ0v) is 19.6. The Labute approximate surface area is 200 Å². The van der Waals surface area contributed by atoms with E-state index in [2.05, 4.69) is 10.0 Å². The van der Waals surface area contributed by atoms with E-state index >= 15 is 0 Å². The van der Waals surface area contributed by atoms with E-state index in [1.165, 1.54) is 18.2 Å². The van der Waals surface area contributed by atoms with Crippen molar-refractivity contribution < 1.29 is 13.2 Å². The molecule has 0 unspecified atom stereocenters. The molecule has 0 aliphatic carbocycles. The molecule has 31 heavy (non-hydrogen) atoms. The Hall–Kier alpha value is -1.80. The van der Waals surface area contributed by atoms with Gasteiger partial charge in [-0.3, -0.25) is 4.79 Å². The molecule has 1 atom stereocenters. The second-order valence-electron chi connectivity index (χ2n) is 6.53. The molecule has 3 aromatic carbocycles. The number of rotatable bonds is 7. The van der Waals surface area contributed by atoms with Gasteiger partial charge in [0, 0.05) is 5.02 Å². The SMILES string of the molecule is O=C(Nc1cccc(Cl)c1Cl)[C@H](Cc1ccccc1)NS(=O)(=O)c1cc(Cl)ccc1Cl. The summed E-state index contributed by atoms with van der Waals surface area (Å²) < 4.78 is 28.4. The Balaban J connectivity index is 1.93. The van der Waals surface area contributed by atoms with Gasteiger partial charge in [-0.25, -0.2) is 8.42 Å².